The molecule has 7 heteroatoms. The van der Waals surface area contributed by atoms with Gasteiger partial charge in [-0.2, -0.15) is 0 Å². The van der Waals surface area contributed by atoms with E-state index in [1.54, 1.807) is 31.3 Å². The predicted octanol–water partition coefficient (Wildman–Crippen LogP) is 2.89. The number of rotatable bonds is 5. The van der Waals surface area contributed by atoms with Crippen molar-refractivity contribution in [1.29, 1.82) is 0 Å². The molecule has 1 aromatic rings. The van der Waals surface area contributed by atoms with Gasteiger partial charge in [0.2, 0.25) is 5.91 Å². The topological polar surface area (TPSA) is 65.1 Å². The molecule has 136 valence electrons. The number of carbonyl (C=O) groups excluding carboxylic acids is 2. The minimum Gasteiger partial charge on any atom is -0.493 e. The molecule has 0 aliphatic carbocycles. The smallest absolute Gasteiger partial charge is 0.310 e. The highest BCUT2D eigenvalue weighted by atomic mass is 79.9. The van der Waals surface area contributed by atoms with Crippen molar-refractivity contribution in [2.45, 2.75) is 12.8 Å². The van der Waals surface area contributed by atoms with Crippen molar-refractivity contribution in [2.24, 2.45) is 5.92 Å². The lowest BCUT2D eigenvalue weighted by molar-refractivity contribution is -0.148. The lowest BCUT2D eigenvalue weighted by Gasteiger charge is -2.30. The van der Waals surface area contributed by atoms with Crippen LogP contribution in [-0.4, -0.2) is 51.2 Å². The third-order valence-corrected chi connectivity index (χ3v) is 4.73. The number of benzene rings is 1. The van der Waals surface area contributed by atoms with Gasteiger partial charge in [-0.3, -0.25) is 9.59 Å². The molecule has 1 saturated heterocycles. The Labute approximate surface area is 155 Å². The molecule has 1 atom stereocenters. The van der Waals surface area contributed by atoms with Gasteiger partial charge in [0.1, 0.15) is 0 Å². The largest absolute Gasteiger partial charge is 0.493 e. The minimum atomic E-state index is -0.259. The average Bonchev–Trinajstić information content (AvgIpc) is 2.64. The maximum atomic E-state index is 12.4. The Morgan fingerprint density at radius 2 is 2.00 bits per heavy atom. The number of amides is 1. The molecule has 25 heavy (non-hydrogen) atoms. The fourth-order valence-corrected chi connectivity index (χ4v) is 3.46. The zero-order chi connectivity index (χ0) is 18.4. The molecule has 2 rings (SSSR count). The van der Waals surface area contributed by atoms with Crippen LogP contribution in [0.1, 0.15) is 18.4 Å². The minimum absolute atomic E-state index is 0.125. The quantitative estimate of drug-likeness (QED) is 0.550. The fraction of sp³-hybridized carbons (Fsp3) is 0.444. The summed E-state index contributed by atoms with van der Waals surface area (Å²) in [5.74, 6) is 0.548. The summed E-state index contributed by atoms with van der Waals surface area (Å²) in [6.45, 7) is 1.04. The van der Waals surface area contributed by atoms with Gasteiger partial charge < -0.3 is 19.1 Å². The second kappa shape index (κ2) is 8.89. The van der Waals surface area contributed by atoms with Gasteiger partial charge in [0, 0.05) is 19.2 Å². The first-order valence-corrected chi connectivity index (χ1v) is 8.75. The lowest BCUT2D eigenvalue weighted by atomic mass is 9.98. The summed E-state index contributed by atoms with van der Waals surface area (Å²) >= 11 is 3.43. The number of esters is 1. The van der Waals surface area contributed by atoms with E-state index < -0.39 is 0 Å². The normalized spacial score (nSPS) is 17.4. The van der Waals surface area contributed by atoms with Gasteiger partial charge >= 0.3 is 5.97 Å². The number of ether oxygens (including phenoxy) is 3. The van der Waals surface area contributed by atoms with E-state index in [4.69, 9.17) is 14.2 Å². The van der Waals surface area contributed by atoms with Crippen LogP contribution >= 0.6 is 15.9 Å². The van der Waals surface area contributed by atoms with Crippen molar-refractivity contribution >= 4 is 33.9 Å². The Morgan fingerprint density at radius 3 is 2.64 bits per heavy atom. The molecule has 0 N–H and O–H groups in total. The van der Waals surface area contributed by atoms with Crippen LogP contribution in [0.25, 0.3) is 6.08 Å². The third-order valence-electron chi connectivity index (χ3n) is 4.14. The van der Waals surface area contributed by atoms with Crippen LogP contribution in [-0.2, 0) is 14.3 Å². The van der Waals surface area contributed by atoms with Crippen LogP contribution < -0.4 is 9.47 Å². The van der Waals surface area contributed by atoms with E-state index in [1.807, 2.05) is 6.07 Å². The molecule has 1 amide bonds. The Bertz CT molecular complexity index is 674. The summed E-state index contributed by atoms with van der Waals surface area (Å²) in [6.07, 6.45) is 4.77. The average molecular weight is 412 g/mol. The molecule has 0 spiro atoms. The van der Waals surface area contributed by atoms with Gasteiger partial charge in [-0.25, -0.2) is 0 Å². The number of nitrogens with zero attached hydrogens (tertiary/aromatic N) is 1. The van der Waals surface area contributed by atoms with E-state index in [0.717, 1.165) is 22.9 Å². The maximum absolute atomic E-state index is 12.4. The van der Waals surface area contributed by atoms with Gasteiger partial charge in [-0.15, -0.1) is 0 Å². The molecule has 0 bridgehead atoms. The van der Waals surface area contributed by atoms with Crippen LogP contribution in [0.5, 0.6) is 11.5 Å². The van der Waals surface area contributed by atoms with Crippen molar-refractivity contribution in [1.82, 2.24) is 4.90 Å². The van der Waals surface area contributed by atoms with Gasteiger partial charge in [0.15, 0.2) is 11.5 Å². The molecule has 1 aromatic carbocycles. The first-order chi connectivity index (χ1) is 12.0. The molecule has 0 aromatic heterocycles. The van der Waals surface area contributed by atoms with Crippen LogP contribution in [0.15, 0.2) is 22.7 Å². The number of hydrogen-bond acceptors (Lipinski definition) is 5. The van der Waals surface area contributed by atoms with E-state index in [2.05, 4.69) is 15.9 Å². The summed E-state index contributed by atoms with van der Waals surface area (Å²) < 4.78 is 16.1. The molecule has 1 unspecified atom stereocenters. The Kier molecular flexibility index (Phi) is 6.87. The summed E-state index contributed by atoms with van der Waals surface area (Å²) in [7, 11) is 4.50. The van der Waals surface area contributed by atoms with E-state index in [9.17, 15) is 9.59 Å². The lowest BCUT2D eigenvalue weighted by Crippen LogP contribution is -2.41. The van der Waals surface area contributed by atoms with Crippen LogP contribution in [0, 0.1) is 5.92 Å². The number of halogens is 1. The summed E-state index contributed by atoms with van der Waals surface area (Å²) in [5, 5.41) is 0. The summed E-state index contributed by atoms with van der Waals surface area (Å²) in [6, 6.07) is 3.64. The monoisotopic (exact) mass is 411 g/mol. The molecule has 0 saturated carbocycles. The van der Waals surface area contributed by atoms with Crippen LogP contribution in [0.3, 0.4) is 0 Å². The molecule has 1 aliphatic rings. The van der Waals surface area contributed by atoms with Crippen LogP contribution in [0.2, 0.25) is 0 Å². The fourth-order valence-electron chi connectivity index (χ4n) is 2.84. The van der Waals surface area contributed by atoms with Gasteiger partial charge in [-0.1, -0.05) is 0 Å². The Hall–Kier alpha value is -2.02. The molecule has 0 radical (unpaired) electrons. The molecule has 6 nitrogen and oxygen atoms in total. The second-order valence-corrected chi connectivity index (χ2v) is 6.57. The van der Waals surface area contributed by atoms with Crippen molar-refractivity contribution in [3.05, 3.63) is 28.2 Å². The van der Waals surface area contributed by atoms with Crippen molar-refractivity contribution in [3.8, 4) is 11.5 Å². The third kappa shape index (κ3) is 4.75. The van der Waals surface area contributed by atoms with Crippen molar-refractivity contribution < 1.29 is 23.8 Å². The number of likely N-dealkylation sites (tertiary alicyclic amines) is 1. The maximum Gasteiger partial charge on any atom is 0.310 e. The molecular formula is C18H22BrNO5. The molecular weight excluding hydrogens is 390 g/mol. The van der Waals surface area contributed by atoms with E-state index in [0.29, 0.717) is 24.6 Å². The highest BCUT2D eigenvalue weighted by Gasteiger charge is 2.28. The van der Waals surface area contributed by atoms with E-state index in [1.165, 1.54) is 13.2 Å². The highest BCUT2D eigenvalue weighted by Crippen LogP contribution is 2.36. The van der Waals surface area contributed by atoms with E-state index in [-0.39, 0.29) is 17.8 Å². The Balaban J connectivity index is 2.09. The zero-order valence-corrected chi connectivity index (χ0v) is 16.2. The molecule has 1 heterocycles. The second-order valence-electron chi connectivity index (χ2n) is 5.72. The predicted molar refractivity (Wildman–Crippen MR) is 97.6 cm³/mol. The van der Waals surface area contributed by atoms with Gasteiger partial charge in [0.05, 0.1) is 31.7 Å². The summed E-state index contributed by atoms with van der Waals surface area (Å²) in [5.41, 5.74) is 0.805. The van der Waals surface area contributed by atoms with E-state index >= 15 is 0 Å². The Morgan fingerprint density at radius 1 is 1.24 bits per heavy atom. The summed E-state index contributed by atoms with van der Waals surface area (Å²) in [4.78, 5) is 25.8. The molecule has 1 fully saturated rings. The number of piperidine rings is 1. The van der Waals surface area contributed by atoms with Crippen molar-refractivity contribution in [2.75, 3.05) is 34.4 Å². The first kappa shape index (κ1) is 19.3. The van der Waals surface area contributed by atoms with Gasteiger partial charge in [-0.05, 0) is 52.5 Å². The van der Waals surface area contributed by atoms with Crippen LogP contribution in [0.4, 0.5) is 0 Å². The number of methoxy groups -OCH3 is 3. The van der Waals surface area contributed by atoms with Crippen molar-refractivity contribution in [3.63, 3.8) is 0 Å². The highest BCUT2D eigenvalue weighted by molar-refractivity contribution is 9.10. The zero-order valence-electron chi connectivity index (χ0n) is 14.6. The molecule has 1 aliphatic heterocycles. The van der Waals surface area contributed by atoms with Gasteiger partial charge in [0.25, 0.3) is 0 Å². The standard InChI is InChI=1S/C18H22BrNO5/c1-23-15-10-12(9-14(19)17(15)24-2)6-7-16(21)20-8-4-5-13(11-20)18(22)25-3/h6-7,9-10,13H,4-5,8,11H2,1-3H3/b7-6+. The number of carbonyl (C=O) groups is 2. The SMILES string of the molecule is COC(=O)C1CCCN(C(=O)/C=C/c2cc(Br)c(OC)c(OC)c2)C1. The number of hydrogen-bond donors (Lipinski definition) is 0. The first-order valence-electron chi connectivity index (χ1n) is 7.96.